The molecule has 0 aliphatic rings. The van der Waals surface area contributed by atoms with Crippen molar-refractivity contribution in [2.24, 2.45) is 7.05 Å². The van der Waals surface area contributed by atoms with Crippen molar-refractivity contribution in [1.29, 1.82) is 0 Å². The summed E-state index contributed by atoms with van der Waals surface area (Å²) < 4.78 is 36.8. The van der Waals surface area contributed by atoms with Crippen LogP contribution in [0.2, 0.25) is 0 Å². The first-order valence-corrected chi connectivity index (χ1v) is 13.0. The average molecular weight is 590 g/mol. The minimum absolute atomic E-state index is 0.0321. The summed E-state index contributed by atoms with van der Waals surface area (Å²) in [7, 11) is -1.83. The Balaban J connectivity index is 1.72. The van der Waals surface area contributed by atoms with Crippen molar-refractivity contribution in [2.75, 3.05) is 19.5 Å². The predicted molar refractivity (Wildman–Crippen MR) is 131 cm³/mol. The Morgan fingerprint density at radius 3 is 2.49 bits per heavy atom. The molecule has 3 atom stereocenters. The van der Waals surface area contributed by atoms with E-state index < -0.39 is 66.6 Å². The Morgan fingerprint density at radius 2 is 1.90 bits per heavy atom. The number of nitro groups is 2. The number of aliphatic hydroxyl groups is 1. The quantitative estimate of drug-likeness (QED) is 0.144. The van der Waals surface area contributed by atoms with Gasteiger partial charge in [-0.3, -0.25) is 18.1 Å². The summed E-state index contributed by atoms with van der Waals surface area (Å²) in [5, 5.41) is 32.0. The average Bonchev–Trinajstić information content (AvgIpc) is 3.51. The molecule has 3 N–H and O–H groups in total. The lowest BCUT2D eigenvalue weighted by atomic mass is 10.2. The van der Waals surface area contributed by atoms with Gasteiger partial charge in [-0.1, -0.05) is 4.98 Å². The Hall–Kier alpha value is -3.65. The van der Waals surface area contributed by atoms with Gasteiger partial charge in [0.25, 0.3) is 0 Å². The molecule has 0 saturated heterocycles. The zero-order chi connectivity index (χ0) is 28.7. The van der Waals surface area contributed by atoms with Gasteiger partial charge in [0.1, 0.15) is 30.5 Å². The van der Waals surface area contributed by atoms with E-state index in [9.17, 15) is 34.7 Å². The van der Waals surface area contributed by atoms with Crippen LogP contribution in [0.1, 0.15) is 23.2 Å². The van der Waals surface area contributed by atoms with Gasteiger partial charge in [-0.2, -0.15) is 4.98 Å². The molecule has 0 amide bonds. The number of nitrogens with zero attached hydrogens (tertiary/aromatic N) is 7. The molecule has 0 radical (unpaired) electrons. The fourth-order valence-electron chi connectivity index (χ4n) is 2.99. The van der Waals surface area contributed by atoms with Gasteiger partial charge in [0, 0.05) is 19.7 Å². The van der Waals surface area contributed by atoms with Gasteiger partial charge in [-0.05, 0) is 32.2 Å². The van der Waals surface area contributed by atoms with Crippen LogP contribution in [0.4, 0.5) is 16.9 Å². The van der Waals surface area contributed by atoms with E-state index in [4.69, 9.17) is 24.0 Å². The Kier molecular flexibility index (Phi) is 9.92. The van der Waals surface area contributed by atoms with Crippen LogP contribution in [0.5, 0.6) is 0 Å². The molecular formula is C18H23N8O11PS. The number of thiazole rings is 1. The van der Waals surface area contributed by atoms with Crippen LogP contribution in [0, 0.1) is 20.2 Å². The Bertz CT molecular complexity index is 1430. The minimum Gasteiger partial charge on any atom is -0.390 e. The van der Waals surface area contributed by atoms with E-state index >= 15 is 0 Å². The van der Waals surface area contributed by atoms with E-state index in [-0.39, 0.29) is 22.8 Å². The number of aliphatic hydroxyl groups excluding tert-OH is 1. The molecule has 0 saturated carbocycles. The van der Waals surface area contributed by atoms with Gasteiger partial charge >= 0.3 is 24.6 Å². The fourth-order valence-corrected chi connectivity index (χ4v) is 4.88. The second-order valence-corrected chi connectivity index (χ2v) is 10.4. The molecule has 2 unspecified atom stereocenters. The van der Waals surface area contributed by atoms with Gasteiger partial charge in [-0.25, -0.2) is 13.9 Å². The third-order valence-corrected chi connectivity index (χ3v) is 7.33. The highest BCUT2D eigenvalue weighted by Gasteiger charge is 2.32. The molecule has 21 heteroatoms. The number of phosphoric acid groups is 1. The summed E-state index contributed by atoms with van der Waals surface area (Å²) in [6.07, 6.45) is 0.977. The van der Waals surface area contributed by atoms with Gasteiger partial charge in [0.05, 0.1) is 31.2 Å². The monoisotopic (exact) mass is 590 g/mol. The molecule has 0 fully saturated rings. The highest BCUT2D eigenvalue weighted by atomic mass is 32.1. The predicted octanol–water partition coefficient (Wildman–Crippen LogP) is 1.29. The van der Waals surface area contributed by atoms with Crippen molar-refractivity contribution in [3.8, 4) is 0 Å². The maximum absolute atomic E-state index is 13.4. The largest absolute Gasteiger partial charge is 0.475 e. The molecule has 0 bridgehead atoms. The molecule has 3 heterocycles. The number of ether oxygens (including phenoxy) is 1. The number of phosphoric ester groups is 1. The minimum atomic E-state index is -4.46. The number of nitrogens with two attached hydrogens (primary N) is 1. The molecule has 0 aromatic carbocycles. The van der Waals surface area contributed by atoms with Gasteiger partial charge in [-0.15, -0.1) is 0 Å². The van der Waals surface area contributed by atoms with Crippen LogP contribution < -0.4 is 11.4 Å². The molecule has 0 aliphatic carbocycles. The topological polar surface area (TPSA) is 252 Å². The molecule has 19 nitrogen and oxygen atoms in total. The van der Waals surface area contributed by atoms with E-state index in [0.29, 0.717) is 11.3 Å². The molecule has 3 aromatic rings. The smallest absolute Gasteiger partial charge is 0.390 e. The Morgan fingerprint density at radius 1 is 1.18 bits per heavy atom. The van der Waals surface area contributed by atoms with Crippen LogP contribution in [0.25, 0.3) is 0 Å². The fraction of sp³-hybridized carbons (Fsp3) is 0.444. The van der Waals surface area contributed by atoms with Crippen molar-refractivity contribution < 1.29 is 37.8 Å². The number of aromatic nitrogens is 5. The summed E-state index contributed by atoms with van der Waals surface area (Å²) in [5.41, 5.74) is 4.81. The third kappa shape index (κ3) is 7.93. The van der Waals surface area contributed by atoms with Crippen LogP contribution >= 0.6 is 19.2 Å². The second kappa shape index (κ2) is 12.9. The zero-order valence-corrected chi connectivity index (χ0v) is 22.1. The SMILES string of the molecule is CO[C@H](COP(=O)(OCc1cnc([N+](=O)[O-])s1)OCc1cnc([N+](=O)[O-])n1C)CC(O)n1ccc(N)nc1=O. The lowest BCUT2D eigenvalue weighted by molar-refractivity contribution is -0.396. The summed E-state index contributed by atoms with van der Waals surface area (Å²) in [6.45, 7) is -1.39. The normalized spacial score (nSPS) is 14.5. The summed E-state index contributed by atoms with van der Waals surface area (Å²) in [5.74, 6) is -0.515. The van der Waals surface area contributed by atoms with Crippen molar-refractivity contribution >= 4 is 36.1 Å². The van der Waals surface area contributed by atoms with Crippen molar-refractivity contribution in [2.45, 2.75) is 32.0 Å². The number of methoxy groups -OCH3 is 1. The number of anilines is 1. The molecule has 0 spiro atoms. The molecule has 3 aromatic heterocycles. The molecule has 0 aliphatic heterocycles. The lowest BCUT2D eigenvalue weighted by Gasteiger charge is -2.23. The number of hydrogen-bond donors (Lipinski definition) is 2. The maximum Gasteiger partial charge on any atom is 0.475 e. The van der Waals surface area contributed by atoms with E-state index in [1.807, 2.05) is 0 Å². The first-order chi connectivity index (χ1) is 18.4. The van der Waals surface area contributed by atoms with Gasteiger partial charge < -0.3 is 35.8 Å². The first kappa shape index (κ1) is 29.9. The molecule has 3 rings (SSSR count). The third-order valence-electron chi connectivity index (χ3n) is 5.05. The van der Waals surface area contributed by atoms with E-state index in [1.54, 1.807) is 0 Å². The van der Waals surface area contributed by atoms with Crippen molar-refractivity contribution in [3.63, 3.8) is 0 Å². The number of imidazole rings is 1. The second-order valence-electron chi connectivity index (χ2n) is 7.64. The first-order valence-electron chi connectivity index (χ1n) is 10.8. The maximum atomic E-state index is 13.4. The summed E-state index contributed by atoms with van der Waals surface area (Å²) in [4.78, 5) is 43.5. The number of hydrogen-bond acceptors (Lipinski definition) is 16. The van der Waals surface area contributed by atoms with Gasteiger partial charge in [0.15, 0.2) is 6.20 Å². The highest BCUT2D eigenvalue weighted by molar-refractivity contribution is 7.48. The molecular weight excluding hydrogens is 567 g/mol. The van der Waals surface area contributed by atoms with Gasteiger partial charge in [0.2, 0.25) is 0 Å². The Labute approximate surface area is 222 Å². The number of rotatable bonds is 15. The van der Waals surface area contributed by atoms with E-state index in [0.717, 1.165) is 21.5 Å². The standard InChI is InChI=1S/C18H23N8O11PS/c1-23-11(6-20-16(23)25(29)30)8-35-38(33,37-10-13-7-21-18(39-13)26(31)32)36-9-12(34-2)5-15(27)24-4-3-14(19)22-17(24)28/h3-4,6-7,12,15,27H,5,8-10H2,1-2H3,(H2,19,22,28)/t12-,15?,38?/m0/s1. The van der Waals surface area contributed by atoms with Crippen LogP contribution in [0.3, 0.4) is 0 Å². The van der Waals surface area contributed by atoms with E-state index in [2.05, 4.69) is 15.0 Å². The molecule has 39 heavy (non-hydrogen) atoms. The van der Waals surface area contributed by atoms with Crippen LogP contribution in [0.15, 0.2) is 29.5 Å². The number of nitrogen functional groups attached to an aromatic ring is 1. The summed E-state index contributed by atoms with van der Waals surface area (Å²) in [6, 6.07) is 1.31. The lowest BCUT2D eigenvalue weighted by Crippen LogP contribution is -2.31. The highest BCUT2D eigenvalue weighted by Crippen LogP contribution is 2.51. The van der Waals surface area contributed by atoms with Crippen LogP contribution in [-0.4, -0.2) is 58.9 Å². The zero-order valence-electron chi connectivity index (χ0n) is 20.4. The molecule has 212 valence electrons. The summed E-state index contributed by atoms with van der Waals surface area (Å²) >= 11 is 0.681. The van der Waals surface area contributed by atoms with E-state index in [1.165, 1.54) is 26.4 Å². The van der Waals surface area contributed by atoms with Crippen molar-refractivity contribution in [1.82, 2.24) is 24.1 Å². The van der Waals surface area contributed by atoms with Crippen LogP contribution in [-0.2, 0) is 43.1 Å². The van der Waals surface area contributed by atoms with Crippen molar-refractivity contribution in [3.05, 3.63) is 65.9 Å².